The Hall–Kier alpha value is -2.12. The van der Waals surface area contributed by atoms with E-state index in [1.54, 1.807) is 0 Å². The molecule has 0 atom stereocenters. The predicted octanol–water partition coefficient (Wildman–Crippen LogP) is -1.32. The van der Waals surface area contributed by atoms with Crippen LogP contribution >= 0.6 is 0 Å². The quantitative estimate of drug-likeness (QED) is 0.618. The van der Waals surface area contributed by atoms with E-state index in [0.717, 1.165) is 12.3 Å². The van der Waals surface area contributed by atoms with E-state index in [9.17, 15) is 33.0 Å². The fourth-order valence-corrected chi connectivity index (χ4v) is 1.21. The molecule has 0 unspecified atom stereocenters. The first-order valence-corrected chi connectivity index (χ1v) is 4.19. The van der Waals surface area contributed by atoms with E-state index < -0.39 is 35.3 Å². The highest BCUT2D eigenvalue weighted by Gasteiger charge is 2.36. The van der Waals surface area contributed by atoms with Gasteiger partial charge in [-0.1, -0.05) is 0 Å². The van der Waals surface area contributed by atoms with Gasteiger partial charge in [-0.2, -0.15) is 13.2 Å². The molecule has 0 saturated carbocycles. The standard InChI is InChI=1S/C9H6F3NO4/c10-9(11,12)4-2-1-3-13-6(4)5(7(14)15)8(16)17/h1-3,5H,(H,14,15)(H,16,17)/p-2. The molecule has 0 fully saturated rings. The minimum atomic E-state index is -4.91. The van der Waals surface area contributed by atoms with Gasteiger partial charge in [0.05, 0.1) is 29.1 Å². The maximum Gasteiger partial charge on any atom is 0.418 e. The normalized spacial score (nSPS) is 11.5. The molecule has 17 heavy (non-hydrogen) atoms. The van der Waals surface area contributed by atoms with E-state index in [2.05, 4.69) is 4.98 Å². The molecule has 0 N–H and O–H groups in total. The van der Waals surface area contributed by atoms with Crippen LogP contribution in [0, 0.1) is 0 Å². The molecule has 0 bridgehead atoms. The summed E-state index contributed by atoms with van der Waals surface area (Å²) >= 11 is 0. The number of hydrogen-bond donors (Lipinski definition) is 0. The van der Waals surface area contributed by atoms with Crippen molar-refractivity contribution in [3.63, 3.8) is 0 Å². The van der Waals surface area contributed by atoms with Crippen molar-refractivity contribution in [2.24, 2.45) is 0 Å². The number of aliphatic carboxylic acids is 2. The molecule has 0 aliphatic rings. The summed E-state index contributed by atoms with van der Waals surface area (Å²) in [4.78, 5) is 24.1. The van der Waals surface area contributed by atoms with Crippen LogP contribution in [0.4, 0.5) is 13.2 Å². The van der Waals surface area contributed by atoms with Crippen molar-refractivity contribution < 1.29 is 33.0 Å². The predicted molar refractivity (Wildman–Crippen MR) is 42.0 cm³/mol. The molecule has 0 saturated heterocycles. The number of aromatic nitrogens is 1. The number of carbonyl (C=O) groups excluding carboxylic acids is 2. The summed E-state index contributed by atoms with van der Waals surface area (Å²) in [6.07, 6.45) is -4.06. The van der Waals surface area contributed by atoms with Crippen LogP contribution in [0.2, 0.25) is 0 Å². The number of halogens is 3. The summed E-state index contributed by atoms with van der Waals surface area (Å²) in [5.41, 5.74) is -2.60. The minimum Gasteiger partial charge on any atom is -0.549 e. The fourth-order valence-electron chi connectivity index (χ4n) is 1.21. The van der Waals surface area contributed by atoms with Gasteiger partial charge in [0.25, 0.3) is 0 Å². The van der Waals surface area contributed by atoms with Crippen molar-refractivity contribution in [2.75, 3.05) is 0 Å². The molecule has 0 amide bonds. The van der Waals surface area contributed by atoms with Gasteiger partial charge in [0.1, 0.15) is 0 Å². The van der Waals surface area contributed by atoms with Crippen LogP contribution in [-0.4, -0.2) is 16.9 Å². The Labute approximate surface area is 92.5 Å². The maximum absolute atomic E-state index is 12.5. The fraction of sp³-hybridized carbons (Fsp3) is 0.222. The summed E-state index contributed by atoms with van der Waals surface area (Å²) in [7, 11) is 0. The zero-order chi connectivity index (χ0) is 13.2. The molecular formula is C9H4F3NO4-2. The number of carbonyl (C=O) groups is 2. The number of pyridine rings is 1. The lowest BCUT2D eigenvalue weighted by atomic mass is 10.00. The van der Waals surface area contributed by atoms with E-state index in [1.165, 1.54) is 0 Å². The molecule has 1 heterocycles. The molecular weight excluding hydrogens is 243 g/mol. The van der Waals surface area contributed by atoms with Crippen molar-refractivity contribution in [3.8, 4) is 0 Å². The lowest BCUT2D eigenvalue weighted by molar-refractivity contribution is -0.326. The molecule has 0 aliphatic carbocycles. The molecule has 92 valence electrons. The Kier molecular flexibility index (Phi) is 3.35. The van der Waals surface area contributed by atoms with E-state index in [1.807, 2.05) is 0 Å². The Morgan fingerprint density at radius 2 is 1.76 bits per heavy atom. The van der Waals surface area contributed by atoms with E-state index in [4.69, 9.17) is 0 Å². The van der Waals surface area contributed by atoms with E-state index >= 15 is 0 Å². The zero-order valence-corrected chi connectivity index (χ0v) is 8.02. The van der Waals surface area contributed by atoms with Crippen molar-refractivity contribution >= 4 is 11.9 Å². The first-order valence-electron chi connectivity index (χ1n) is 4.19. The highest BCUT2D eigenvalue weighted by Crippen LogP contribution is 2.33. The van der Waals surface area contributed by atoms with Crippen LogP contribution in [-0.2, 0) is 15.8 Å². The highest BCUT2D eigenvalue weighted by molar-refractivity contribution is 5.96. The molecule has 1 aromatic heterocycles. The second-order valence-corrected chi connectivity index (χ2v) is 3.01. The van der Waals surface area contributed by atoms with Crippen LogP contribution in [0.5, 0.6) is 0 Å². The van der Waals surface area contributed by atoms with Crippen LogP contribution in [0.25, 0.3) is 0 Å². The van der Waals surface area contributed by atoms with Gasteiger partial charge in [0.2, 0.25) is 0 Å². The maximum atomic E-state index is 12.5. The average molecular weight is 247 g/mol. The third kappa shape index (κ3) is 2.71. The Balaban J connectivity index is 3.39. The van der Waals surface area contributed by atoms with Crippen LogP contribution in [0.3, 0.4) is 0 Å². The van der Waals surface area contributed by atoms with Gasteiger partial charge in [-0.3, -0.25) is 4.98 Å². The monoisotopic (exact) mass is 247 g/mol. The number of rotatable bonds is 3. The molecule has 1 rings (SSSR count). The van der Waals surface area contributed by atoms with E-state index in [0.29, 0.717) is 6.07 Å². The summed E-state index contributed by atoms with van der Waals surface area (Å²) in [5, 5.41) is 21.0. The number of carboxylic acid groups (broad SMARTS) is 2. The number of carboxylic acids is 2. The van der Waals surface area contributed by atoms with Gasteiger partial charge in [0, 0.05) is 6.20 Å². The van der Waals surface area contributed by atoms with Gasteiger partial charge in [0.15, 0.2) is 0 Å². The molecule has 0 spiro atoms. The van der Waals surface area contributed by atoms with Crippen molar-refractivity contribution in [1.82, 2.24) is 4.98 Å². The Bertz CT molecular complexity index is 444. The van der Waals surface area contributed by atoms with Gasteiger partial charge in [-0.15, -0.1) is 0 Å². The van der Waals surface area contributed by atoms with Gasteiger partial charge in [-0.05, 0) is 12.1 Å². The number of nitrogens with zero attached hydrogens (tertiary/aromatic N) is 1. The second kappa shape index (κ2) is 4.40. The number of alkyl halides is 3. The topological polar surface area (TPSA) is 93.1 Å². The Morgan fingerprint density at radius 3 is 2.18 bits per heavy atom. The van der Waals surface area contributed by atoms with Crippen molar-refractivity contribution in [1.29, 1.82) is 0 Å². The summed E-state index contributed by atoms with van der Waals surface area (Å²) in [6, 6.07) is 1.44. The van der Waals surface area contributed by atoms with Gasteiger partial charge < -0.3 is 19.8 Å². The minimum absolute atomic E-state index is 0.529. The first kappa shape index (κ1) is 12.9. The van der Waals surface area contributed by atoms with Crippen molar-refractivity contribution in [2.45, 2.75) is 12.1 Å². The molecule has 0 aliphatic heterocycles. The largest absolute Gasteiger partial charge is 0.549 e. The summed E-state index contributed by atoms with van der Waals surface area (Å²) < 4.78 is 37.4. The van der Waals surface area contributed by atoms with Gasteiger partial charge >= 0.3 is 6.18 Å². The lowest BCUT2D eigenvalue weighted by Crippen LogP contribution is -2.42. The lowest BCUT2D eigenvalue weighted by Gasteiger charge is -2.21. The summed E-state index contributed by atoms with van der Waals surface area (Å²) in [5.74, 6) is -6.99. The van der Waals surface area contributed by atoms with Crippen LogP contribution in [0.1, 0.15) is 17.2 Å². The Morgan fingerprint density at radius 1 is 1.24 bits per heavy atom. The second-order valence-electron chi connectivity index (χ2n) is 3.01. The zero-order valence-electron chi connectivity index (χ0n) is 8.02. The number of hydrogen-bond acceptors (Lipinski definition) is 5. The van der Waals surface area contributed by atoms with Gasteiger partial charge in [-0.25, -0.2) is 0 Å². The summed E-state index contributed by atoms with van der Waals surface area (Å²) in [6.45, 7) is 0. The first-order chi connectivity index (χ1) is 7.75. The molecule has 0 radical (unpaired) electrons. The highest BCUT2D eigenvalue weighted by atomic mass is 19.4. The smallest absolute Gasteiger partial charge is 0.418 e. The third-order valence-electron chi connectivity index (χ3n) is 1.89. The molecule has 8 heteroatoms. The van der Waals surface area contributed by atoms with Crippen LogP contribution < -0.4 is 10.2 Å². The van der Waals surface area contributed by atoms with Crippen LogP contribution in [0.15, 0.2) is 18.3 Å². The van der Waals surface area contributed by atoms with Crippen molar-refractivity contribution in [3.05, 3.63) is 29.6 Å². The molecule has 5 nitrogen and oxygen atoms in total. The molecule has 1 aromatic rings. The average Bonchev–Trinajstić information content (AvgIpc) is 2.15. The SMILES string of the molecule is O=C([O-])C(C(=O)[O-])c1ncccc1C(F)(F)F. The molecule has 0 aromatic carbocycles. The third-order valence-corrected chi connectivity index (χ3v) is 1.89. The van der Waals surface area contributed by atoms with E-state index in [-0.39, 0.29) is 0 Å².